The predicted molar refractivity (Wildman–Crippen MR) is 62.8 cm³/mol. The molecule has 1 fully saturated rings. The molecule has 0 aliphatic heterocycles. The van der Waals surface area contributed by atoms with Gasteiger partial charge in [0.1, 0.15) is 5.78 Å². The van der Waals surface area contributed by atoms with Crippen LogP contribution in [0, 0.1) is 11.8 Å². The molecule has 0 radical (unpaired) electrons. The maximum Gasteiger partial charge on any atom is 0.136 e. The summed E-state index contributed by atoms with van der Waals surface area (Å²) in [6, 6.07) is 0. The number of hydrogen-bond donors (Lipinski definition) is 0. The van der Waals surface area contributed by atoms with Gasteiger partial charge in [-0.3, -0.25) is 4.79 Å². The fourth-order valence-electron chi connectivity index (χ4n) is 2.00. The summed E-state index contributed by atoms with van der Waals surface area (Å²) < 4.78 is 11.6. The van der Waals surface area contributed by atoms with Gasteiger partial charge in [-0.1, -0.05) is 6.92 Å². The minimum absolute atomic E-state index is 0.212. The minimum Gasteiger partial charge on any atom is -0.299 e. The third-order valence-electron chi connectivity index (χ3n) is 2.85. The van der Waals surface area contributed by atoms with Gasteiger partial charge in [-0.25, -0.2) is 4.21 Å². The highest BCUT2D eigenvalue weighted by Gasteiger charge is 2.29. The van der Waals surface area contributed by atoms with Crippen molar-refractivity contribution in [2.24, 2.45) is 11.8 Å². The molecule has 2 nitrogen and oxygen atoms in total. The van der Waals surface area contributed by atoms with E-state index in [-0.39, 0.29) is 5.92 Å². The molecule has 0 heterocycles. The van der Waals surface area contributed by atoms with Crippen LogP contribution in [-0.4, -0.2) is 20.4 Å². The molecule has 0 saturated heterocycles. The van der Waals surface area contributed by atoms with Crippen molar-refractivity contribution in [3.8, 4) is 0 Å². The van der Waals surface area contributed by atoms with Crippen LogP contribution in [0.3, 0.4) is 0 Å². The second-order valence-electron chi connectivity index (χ2n) is 3.81. The fourth-order valence-corrected chi connectivity index (χ4v) is 3.03. The molecule has 0 aromatic rings. The maximum atomic E-state index is 11.5. The second kappa shape index (κ2) is 5.71. The van der Waals surface area contributed by atoms with E-state index < -0.39 is 0 Å². The zero-order chi connectivity index (χ0) is 10.6. The average molecular weight is 232 g/mol. The molecule has 0 amide bonds. The van der Waals surface area contributed by atoms with E-state index in [9.17, 15) is 9.00 Å². The van der Waals surface area contributed by atoms with Crippen molar-refractivity contribution >= 4 is 33.0 Å². The molecule has 14 heavy (non-hydrogen) atoms. The van der Waals surface area contributed by atoms with Gasteiger partial charge in [-0.2, -0.15) is 0 Å². The van der Waals surface area contributed by atoms with E-state index in [1.165, 1.54) is 11.8 Å². The Bertz CT molecular complexity index is 269. The van der Waals surface area contributed by atoms with Gasteiger partial charge in [-0.15, -0.1) is 11.8 Å². The van der Waals surface area contributed by atoms with Crippen molar-refractivity contribution in [1.82, 2.24) is 0 Å². The third-order valence-corrected chi connectivity index (χ3v) is 4.53. The normalized spacial score (nSPS) is 23.6. The average Bonchev–Trinajstić information content (AvgIpc) is 2.60. The van der Waals surface area contributed by atoms with Gasteiger partial charge in [0.2, 0.25) is 0 Å². The van der Waals surface area contributed by atoms with E-state index in [4.69, 9.17) is 0 Å². The lowest BCUT2D eigenvalue weighted by atomic mass is 9.90. The van der Waals surface area contributed by atoms with Gasteiger partial charge in [-0.05, 0) is 31.4 Å². The van der Waals surface area contributed by atoms with Crippen LogP contribution in [0.2, 0.25) is 0 Å². The van der Waals surface area contributed by atoms with Gasteiger partial charge in [0.05, 0.1) is 15.5 Å². The molecular formula is C10H16O2S2. The topological polar surface area (TPSA) is 34.1 Å². The highest BCUT2D eigenvalue weighted by atomic mass is 32.2. The van der Waals surface area contributed by atoms with E-state index in [1.807, 2.05) is 6.26 Å². The Morgan fingerprint density at radius 2 is 2.36 bits per heavy atom. The van der Waals surface area contributed by atoms with Gasteiger partial charge < -0.3 is 0 Å². The smallest absolute Gasteiger partial charge is 0.136 e. The van der Waals surface area contributed by atoms with E-state index in [0.717, 1.165) is 29.9 Å². The first-order valence-corrected chi connectivity index (χ1v) is 6.88. The summed E-state index contributed by atoms with van der Waals surface area (Å²) in [6.45, 7) is 2.08. The largest absolute Gasteiger partial charge is 0.299 e. The standard InChI is InChI=1S/C10H16O2S2/c1-7(6-10(13-2)14-12)8-4-3-5-9(8)11/h7-8H,3-6H2,1-2H3. The molecule has 0 spiro atoms. The number of hydrogen-bond acceptors (Lipinski definition) is 3. The first-order chi connectivity index (χ1) is 6.69. The van der Waals surface area contributed by atoms with Crippen LogP contribution in [0.4, 0.5) is 0 Å². The van der Waals surface area contributed by atoms with Gasteiger partial charge >= 0.3 is 0 Å². The maximum absolute atomic E-state index is 11.5. The van der Waals surface area contributed by atoms with Gasteiger partial charge in [0.25, 0.3) is 0 Å². The summed E-state index contributed by atoms with van der Waals surface area (Å²) in [6.07, 6.45) is 5.50. The van der Waals surface area contributed by atoms with Crippen LogP contribution in [-0.2, 0) is 16.1 Å². The Hall–Kier alpha value is -0.0900. The summed E-state index contributed by atoms with van der Waals surface area (Å²) >= 11 is 2.09. The van der Waals surface area contributed by atoms with Crippen molar-refractivity contribution in [1.29, 1.82) is 0 Å². The van der Waals surface area contributed by atoms with Crippen LogP contribution < -0.4 is 0 Å². The van der Waals surface area contributed by atoms with Crippen molar-refractivity contribution in [3.05, 3.63) is 0 Å². The number of ketones is 1. The highest BCUT2D eigenvalue weighted by molar-refractivity contribution is 8.20. The molecule has 2 unspecified atom stereocenters. The van der Waals surface area contributed by atoms with Crippen molar-refractivity contribution in [2.45, 2.75) is 32.6 Å². The molecule has 2 atom stereocenters. The number of carbonyl (C=O) groups excluding carboxylic acids is 1. The molecule has 1 aliphatic rings. The van der Waals surface area contributed by atoms with Crippen LogP contribution in [0.5, 0.6) is 0 Å². The Morgan fingerprint density at radius 3 is 2.79 bits per heavy atom. The zero-order valence-electron chi connectivity index (χ0n) is 8.62. The van der Waals surface area contributed by atoms with Crippen molar-refractivity contribution in [2.75, 3.05) is 6.26 Å². The summed E-state index contributed by atoms with van der Waals surface area (Å²) in [4.78, 5) is 11.5. The number of carbonyl (C=O) groups is 1. The highest BCUT2D eigenvalue weighted by Crippen LogP contribution is 2.30. The number of Topliss-reactive ketones (excluding diaryl/α,β-unsaturated/α-hetero) is 1. The Morgan fingerprint density at radius 1 is 1.64 bits per heavy atom. The molecule has 1 aliphatic carbocycles. The van der Waals surface area contributed by atoms with Crippen LogP contribution >= 0.6 is 11.8 Å². The molecule has 4 heteroatoms. The summed E-state index contributed by atoms with van der Waals surface area (Å²) in [5.74, 6) is 0.951. The minimum atomic E-state index is 0.212. The molecule has 1 rings (SSSR count). The second-order valence-corrected chi connectivity index (χ2v) is 5.62. The quantitative estimate of drug-likeness (QED) is 0.699. The molecule has 1 saturated carbocycles. The lowest BCUT2D eigenvalue weighted by Gasteiger charge is -2.16. The third kappa shape index (κ3) is 2.95. The monoisotopic (exact) mass is 232 g/mol. The SMILES string of the molecule is CSC(CC(C)C1CCCC1=O)=S=O. The van der Waals surface area contributed by atoms with E-state index in [2.05, 4.69) is 6.92 Å². The zero-order valence-corrected chi connectivity index (χ0v) is 10.2. The lowest BCUT2D eigenvalue weighted by molar-refractivity contribution is -0.121. The Balaban J connectivity index is 2.53. The van der Waals surface area contributed by atoms with Gasteiger partial charge in [0.15, 0.2) is 0 Å². The molecule has 80 valence electrons. The van der Waals surface area contributed by atoms with Gasteiger partial charge in [0, 0.05) is 12.3 Å². The van der Waals surface area contributed by atoms with Crippen LogP contribution in [0.25, 0.3) is 0 Å². The fraction of sp³-hybridized carbons (Fsp3) is 0.800. The molecule has 0 bridgehead atoms. The van der Waals surface area contributed by atoms with E-state index in [0.29, 0.717) is 23.0 Å². The summed E-state index contributed by atoms with van der Waals surface area (Å²) in [5, 5.41) is 0. The molecule has 0 aromatic carbocycles. The molecule has 0 N–H and O–H groups in total. The van der Waals surface area contributed by atoms with Crippen molar-refractivity contribution < 1.29 is 9.00 Å². The van der Waals surface area contributed by atoms with Crippen LogP contribution in [0.1, 0.15) is 32.6 Å². The first-order valence-electron chi connectivity index (χ1n) is 4.91. The number of rotatable bonds is 3. The van der Waals surface area contributed by atoms with Crippen molar-refractivity contribution in [3.63, 3.8) is 0 Å². The first kappa shape index (κ1) is 12.0. The van der Waals surface area contributed by atoms with E-state index >= 15 is 0 Å². The summed E-state index contributed by atoms with van der Waals surface area (Å²) in [7, 11) is 0. The Labute approximate surface area is 92.9 Å². The summed E-state index contributed by atoms with van der Waals surface area (Å²) in [5.41, 5.74) is 0. The van der Waals surface area contributed by atoms with Crippen LogP contribution in [0.15, 0.2) is 0 Å². The molecule has 0 aromatic heterocycles. The Kier molecular flexibility index (Phi) is 4.89. The molecular weight excluding hydrogens is 216 g/mol. The lowest BCUT2D eigenvalue weighted by Crippen LogP contribution is -2.18. The number of thioether (sulfide) groups is 1. The predicted octanol–water partition coefficient (Wildman–Crippen LogP) is 2.09. The van der Waals surface area contributed by atoms with E-state index in [1.54, 1.807) is 0 Å².